The van der Waals surface area contributed by atoms with Crippen LogP contribution in [-0.4, -0.2) is 61.1 Å². The molecule has 0 saturated carbocycles. The van der Waals surface area contributed by atoms with E-state index in [-0.39, 0.29) is 13.2 Å². The molecule has 0 aromatic carbocycles. The van der Waals surface area contributed by atoms with Crippen molar-refractivity contribution in [2.45, 2.75) is 82.4 Å². The van der Waals surface area contributed by atoms with Crippen molar-refractivity contribution in [3.63, 3.8) is 0 Å². The highest BCUT2D eigenvalue weighted by Crippen LogP contribution is 2.58. The zero-order chi connectivity index (χ0) is 28.8. The molecule has 0 fully saturated rings. The summed E-state index contributed by atoms with van der Waals surface area (Å²) >= 11 is 0. The zero-order valence-corrected chi connectivity index (χ0v) is 19.0. The van der Waals surface area contributed by atoms with E-state index in [9.17, 15) is 57.9 Å². The van der Waals surface area contributed by atoms with Gasteiger partial charge in [0.05, 0.1) is 13.2 Å². The highest BCUT2D eigenvalue weighted by atomic mass is 19.4. The van der Waals surface area contributed by atoms with Crippen molar-refractivity contribution in [1.29, 1.82) is 0 Å². The van der Waals surface area contributed by atoms with Gasteiger partial charge in [-0.05, 0) is 39.1 Å². The van der Waals surface area contributed by atoms with Gasteiger partial charge in [0.25, 0.3) is 0 Å². The molecule has 18 heteroatoms. The maximum Gasteiger partial charge on any atom is 0.460 e. The molecule has 210 valence electrons. The van der Waals surface area contributed by atoms with Gasteiger partial charge in [0.2, 0.25) is 0 Å². The molecule has 0 aliphatic carbocycles. The van der Waals surface area contributed by atoms with Gasteiger partial charge in [-0.3, -0.25) is 9.59 Å². The Bertz CT molecular complexity index is 810. The summed E-state index contributed by atoms with van der Waals surface area (Å²) in [5.41, 5.74) is 6.41. The molecule has 0 heterocycles. The van der Waals surface area contributed by atoms with Crippen molar-refractivity contribution in [2.75, 3.05) is 13.2 Å². The Morgan fingerprint density at radius 1 is 0.833 bits per heavy atom. The molecule has 0 saturated heterocycles. The highest BCUT2D eigenvalue weighted by Gasteiger charge is 2.86. The van der Waals surface area contributed by atoms with Crippen LogP contribution >= 0.6 is 0 Å². The number of esters is 2. The van der Waals surface area contributed by atoms with E-state index in [0.29, 0.717) is 0 Å². The van der Waals surface area contributed by atoms with Crippen LogP contribution in [0.4, 0.5) is 48.3 Å². The fourth-order valence-electron chi connectivity index (χ4n) is 2.86. The summed E-state index contributed by atoms with van der Waals surface area (Å²) in [7, 11) is 0. The van der Waals surface area contributed by atoms with E-state index in [2.05, 4.69) is 5.11 Å². The average molecular weight is 553 g/mol. The molecular weight excluding hydrogens is 531 g/mol. The number of alkyl halides is 11. The van der Waals surface area contributed by atoms with Crippen molar-refractivity contribution in [3.05, 3.63) is 10.4 Å². The van der Waals surface area contributed by atoms with Crippen LogP contribution in [0.5, 0.6) is 0 Å². The lowest BCUT2D eigenvalue weighted by molar-refractivity contribution is -0.422. The number of carbonyl (C=O) groups is 2. The number of carbonyl (C=O) groups excluding carboxylic acids is 2. The lowest BCUT2D eigenvalue weighted by Crippen LogP contribution is -2.66. The van der Waals surface area contributed by atoms with E-state index in [1.165, 1.54) is 13.8 Å². The molecule has 36 heavy (non-hydrogen) atoms. The minimum atomic E-state index is -7.59. The van der Waals surface area contributed by atoms with Crippen molar-refractivity contribution >= 4 is 11.9 Å². The number of rotatable bonds is 14. The maximum atomic E-state index is 14.0. The summed E-state index contributed by atoms with van der Waals surface area (Å²) in [4.78, 5) is 26.4. The fraction of sp³-hybridized carbons (Fsp3) is 0.889. The number of hydrogen-bond donors (Lipinski definition) is 0. The summed E-state index contributed by atoms with van der Waals surface area (Å²) in [5.74, 6) is -30.9. The fourth-order valence-corrected chi connectivity index (χ4v) is 2.86. The van der Waals surface area contributed by atoms with Crippen molar-refractivity contribution in [2.24, 2.45) is 10.5 Å². The van der Waals surface area contributed by atoms with Gasteiger partial charge in [0, 0.05) is 17.4 Å². The summed E-state index contributed by atoms with van der Waals surface area (Å²) < 4.78 is 154. The van der Waals surface area contributed by atoms with E-state index in [4.69, 9.17) is 15.0 Å². The molecule has 1 unspecified atom stereocenters. The van der Waals surface area contributed by atoms with Crippen LogP contribution in [0, 0.1) is 5.41 Å². The SMILES string of the molecule is CCOC(=O)C(C)(CCCC(CC(F)(F)C(F)(F)C(F)(F)C(F)(F)C(F)(F)F)N=[N+]=[N-])C(=O)OCC. The summed E-state index contributed by atoms with van der Waals surface area (Å²) in [6.07, 6.45) is -11.9. The molecule has 1 atom stereocenters. The summed E-state index contributed by atoms with van der Waals surface area (Å²) in [6.45, 7) is 3.37. The van der Waals surface area contributed by atoms with Gasteiger partial charge < -0.3 is 9.47 Å². The van der Waals surface area contributed by atoms with Gasteiger partial charge >= 0.3 is 41.8 Å². The molecule has 0 radical (unpaired) electrons. The number of ether oxygens (including phenoxy) is 2. The van der Waals surface area contributed by atoms with E-state index < -0.39 is 78.9 Å². The topological polar surface area (TPSA) is 101 Å². The quantitative estimate of drug-likeness (QED) is 0.0615. The largest absolute Gasteiger partial charge is 0.465 e. The lowest BCUT2D eigenvalue weighted by Gasteiger charge is -2.38. The van der Waals surface area contributed by atoms with Crippen LogP contribution in [-0.2, 0) is 19.1 Å². The average Bonchev–Trinajstić information content (AvgIpc) is 2.72. The molecule has 0 aliphatic heterocycles. The number of azide groups is 1. The van der Waals surface area contributed by atoms with Crippen molar-refractivity contribution in [3.8, 4) is 0 Å². The van der Waals surface area contributed by atoms with E-state index >= 15 is 0 Å². The molecule has 0 N–H and O–H groups in total. The molecule has 0 amide bonds. The Hall–Kier alpha value is -2.52. The molecule has 0 spiro atoms. The third-order valence-corrected chi connectivity index (χ3v) is 4.98. The molecule has 0 aliphatic rings. The van der Waals surface area contributed by atoms with Crippen molar-refractivity contribution < 1.29 is 67.4 Å². The summed E-state index contributed by atoms with van der Waals surface area (Å²) in [6, 6.07) is -2.35. The highest BCUT2D eigenvalue weighted by molar-refractivity contribution is 5.99. The van der Waals surface area contributed by atoms with Crippen LogP contribution in [0.3, 0.4) is 0 Å². The van der Waals surface area contributed by atoms with Crippen LogP contribution in [0.25, 0.3) is 10.4 Å². The number of nitrogens with zero attached hydrogens (tertiary/aromatic N) is 3. The monoisotopic (exact) mass is 553 g/mol. The standard InChI is InChI=1S/C18H22F11N3O4/c1-4-35-11(33)13(3,12(34)36-5-2)8-6-7-10(31-32-30)9-14(19,20)15(21,22)16(23,24)17(25,26)18(27,28)29/h10H,4-9H2,1-3H3. The molecular formula is C18H22F11N3O4. The van der Waals surface area contributed by atoms with E-state index in [1.54, 1.807) is 0 Å². The van der Waals surface area contributed by atoms with Gasteiger partial charge in [-0.25, -0.2) is 0 Å². The Labute approximate surface area is 196 Å². The van der Waals surface area contributed by atoms with Gasteiger partial charge in [-0.1, -0.05) is 11.5 Å². The zero-order valence-electron chi connectivity index (χ0n) is 19.0. The Balaban J connectivity index is 5.87. The normalized spacial score (nSPS) is 14.6. The Morgan fingerprint density at radius 2 is 1.28 bits per heavy atom. The first-order valence-corrected chi connectivity index (χ1v) is 10.1. The van der Waals surface area contributed by atoms with Crippen LogP contribution < -0.4 is 0 Å². The first kappa shape index (κ1) is 33.5. The van der Waals surface area contributed by atoms with Gasteiger partial charge in [-0.15, -0.1) is 0 Å². The molecule has 0 aromatic rings. The second kappa shape index (κ2) is 11.7. The van der Waals surface area contributed by atoms with Crippen LogP contribution in [0.1, 0.15) is 46.5 Å². The van der Waals surface area contributed by atoms with Crippen LogP contribution in [0.15, 0.2) is 5.11 Å². The molecule has 0 aromatic heterocycles. The predicted molar refractivity (Wildman–Crippen MR) is 98.6 cm³/mol. The van der Waals surface area contributed by atoms with Crippen molar-refractivity contribution in [1.82, 2.24) is 0 Å². The van der Waals surface area contributed by atoms with Crippen LogP contribution in [0.2, 0.25) is 0 Å². The first-order chi connectivity index (χ1) is 16.1. The number of hydrogen-bond acceptors (Lipinski definition) is 5. The maximum absolute atomic E-state index is 14.0. The van der Waals surface area contributed by atoms with Gasteiger partial charge in [-0.2, -0.15) is 48.3 Å². The Morgan fingerprint density at radius 3 is 1.64 bits per heavy atom. The van der Waals surface area contributed by atoms with E-state index in [0.717, 1.165) is 6.92 Å². The first-order valence-electron chi connectivity index (χ1n) is 10.1. The lowest BCUT2D eigenvalue weighted by atomic mass is 9.83. The predicted octanol–water partition coefficient (Wildman–Crippen LogP) is 6.46. The smallest absolute Gasteiger partial charge is 0.460 e. The van der Waals surface area contributed by atoms with Gasteiger partial charge in [0.15, 0.2) is 5.41 Å². The summed E-state index contributed by atoms with van der Waals surface area (Å²) in [5, 5.41) is 2.68. The minimum Gasteiger partial charge on any atom is -0.465 e. The second-order valence-corrected chi connectivity index (χ2v) is 7.65. The Kier molecular flexibility index (Phi) is 10.9. The molecule has 0 bridgehead atoms. The number of halogens is 11. The third kappa shape index (κ3) is 6.62. The minimum absolute atomic E-state index is 0.201. The second-order valence-electron chi connectivity index (χ2n) is 7.65. The third-order valence-electron chi connectivity index (χ3n) is 4.98. The molecule has 0 rings (SSSR count). The van der Waals surface area contributed by atoms with Gasteiger partial charge in [0.1, 0.15) is 0 Å². The van der Waals surface area contributed by atoms with E-state index in [1.807, 2.05) is 4.91 Å². The molecule has 7 nitrogen and oxygen atoms in total.